The molecule has 1 aliphatic carbocycles. The van der Waals surface area contributed by atoms with Crippen molar-refractivity contribution in [2.24, 2.45) is 0 Å². The van der Waals surface area contributed by atoms with Gasteiger partial charge in [-0.05, 0) is 26.7 Å². The fourth-order valence-corrected chi connectivity index (χ4v) is 2.60. The Kier molecular flexibility index (Phi) is 4.28. The lowest BCUT2D eigenvalue weighted by atomic mass is 10.1. The predicted molar refractivity (Wildman–Crippen MR) is 70.5 cm³/mol. The van der Waals surface area contributed by atoms with Gasteiger partial charge in [0.15, 0.2) is 0 Å². The van der Waals surface area contributed by atoms with Crippen molar-refractivity contribution < 1.29 is 4.79 Å². The molecule has 4 heteroatoms. The van der Waals surface area contributed by atoms with E-state index in [0.29, 0.717) is 11.6 Å². The van der Waals surface area contributed by atoms with E-state index in [9.17, 15) is 4.79 Å². The molecule has 0 saturated heterocycles. The Morgan fingerprint density at radius 1 is 1.11 bits per heavy atom. The highest BCUT2D eigenvalue weighted by Crippen LogP contribution is 2.18. The van der Waals surface area contributed by atoms with E-state index < -0.39 is 0 Å². The first-order valence-electron chi connectivity index (χ1n) is 6.77. The van der Waals surface area contributed by atoms with Crippen molar-refractivity contribution in [1.29, 1.82) is 0 Å². The first-order valence-corrected chi connectivity index (χ1v) is 6.77. The number of amides is 1. The minimum absolute atomic E-state index is 0.0162. The quantitative estimate of drug-likeness (QED) is 0.817. The van der Waals surface area contributed by atoms with Gasteiger partial charge >= 0.3 is 0 Å². The van der Waals surface area contributed by atoms with Crippen LogP contribution in [0.3, 0.4) is 0 Å². The molecular weight excluding hydrogens is 226 g/mol. The molecule has 0 spiro atoms. The number of nitrogens with zero attached hydrogens (tertiary/aromatic N) is 2. The zero-order valence-electron chi connectivity index (χ0n) is 11.2. The van der Waals surface area contributed by atoms with Gasteiger partial charge in [0.2, 0.25) is 0 Å². The fraction of sp³-hybridized carbons (Fsp3) is 0.643. The summed E-state index contributed by atoms with van der Waals surface area (Å²) in [7, 11) is 0. The van der Waals surface area contributed by atoms with Crippen molar-refractivity contribution in [2.45, 2.75) is 58.4 Å². The molecular formula is C14H21N3O. The zero-order valence-corrected chi connectivity index (χ0v) is 11.2. The third-order valence-corrected chi connectivity index (χ3v) is 3.64. The third kappa shape index (κ3) is 3.06. The summed E-state index contributed by atoms with van der Waals surface area (Å²) in [5.74, 6) is -0.0162. The van der Waals surface area contributed by atoms with Crippen molar-refractivity contribution in [3.05, 3.63) is 23.3 Å². The highest BCUT2D eigenvalue weighted by molar-refractivity contribution is 5.96. The second-order valence-corrected chi connectivity index (χ2v) is 5.08. The van der Waals surface area contributed by atoms with Gasteiger partial charge in [0.1, 0.15) is 6.33 Å². The van der Waals surface area contributed by atoms with Gasteiger partial charge in [-0.2, -0.15) is 0 Å². The monoisotopic (exact) mass is 247 g/mol. The molecule has 1 fully saturated rings. The molecule has 0 aromatic carbocycles. The summed E-state index contributed by atoms with van der Waals surface area (Å²) in [6.45, 7) is 3.72. The van der Waals surface area contributed by atoms with Gasteiger partial charge in [-0.25, -0.2) is 9.97 Å². The summed E-state index contributed by atoms with van der Waals surface area (Å²) in [5, 5.41) is 3.14. The summed E-state index contributed by atoms with van der Waals surface area (Å²) in [6, 6.07) is 0.319. The first-order chi connectivity index (χ1) is 8.68. The predicted octanol–water partition coefficient (Wildman–Crippen LogP) is 2.55. The molecule has 1 saturated carbocycles. The minimum atomic E-state index is -0.0162. The average molecular weight is 247 g/mol. The molecule has 0 bridgehead atoms. The van der Waals surface area contributed by atoms with E-state index in [1.165, 1.54) is 32.0 Å². The standard InChI is InChI=1S/C14H21N3O/c1-10-13(11(2)16-9-15-10)14(18)17-12-7-5-3-4-6-8-12/h9,12H,3-8H2,1-2H3,(H,17,18). The zero-order chi connectivity index (χ0) is 13.0. The SMILES string of the molecule is Cc1ncnc(C)c1C(=O)NC1CCCCCC1. The van der Waals surface area contributed by atoms with Gasteiger partial charge in [0, 0.05) is 6.04 Å². The van der Waals surface area contributed by atoms with Crippen molar-refractivity contribution in [1.82, 2.24) is 15.3 Å². The second kappa shape index (κ2) is 5.94. The van der Waals surface area contributed by atoms with Gasteiger partial charge in [0.25, 0.3) is 5.91 Å². The smallest absolute Gasteiger partial charge is 0.255 e. The molecule has 98 valence electrons. The molecule has 1 heterocycles. The highest BCUT2D eigenvalue weighted by Gasteiger charge is 2.19. The molecule has 0 atom stereocenters. The summed E-state index contributed by atoms with van der Waals surface area (Å²) in [6.07, 6.45) is 8.71. The lowest BCUT2D eigenvalue weighted by Crippen LogP contribution is -2.35. The Balaban J connectivity index is 2.07. The number of nitrogens with one attached hydrogen (secondary N) is 1. The number of aryl methyl sites for hydroxylation is 2. The van der Waals surface area contributed by atoms with Crippen LogP contribution < -0.4 is 5.32 Å². The van der Waals surface area contributed by atoms with Gasteiger partial charge in [-0.15, -0.1) is 0 Å². The summed E-state index contributed by atoms with van der Waals surface area (Å²) < 4.78 is 0. The number of rotatable bonds is 2. The van der Waals surface area contributed by atoms with Crippen LogP contribution in [0.2, 0.25) is 0 Å². The topological polar surface area (TPSA) is 54.9 Å². The maximum atomic E-state index is 12.3. The Bertz CT molecular complexity index is 403. The van der Waals surface area contributed by atoms with Crippen LogP contribution in [0.5, 0.6) is 0 Å². The van der Waals surface area contributed by atoms with Gasteiger partial charge in [-0.3, -0.25) is 4.79 Å². The normalized spacial score (nSPS) is 17.2. The maximum absolute atomic E-state index is 12.3. The van der Waals surface area contributed by atoms with E-state index in [1.807, 2.05) is 13.8 Å². The van der Waals surface area contributed by atoms with E-state index in [1.54, 1.807) is 0 Å². The van der Waals surface area contributed by atoms with E-state index in [0.717, 1.165) is 24.2 Å². The van der Waals surface area contributed by atoms with E-state index in [-0.39, 0.29) is 5.91 Å². The van der Waals surface area contributed by atoms with Gasteiger partial charge in [-0.1, -0.05) is 25.7 Å². The molecule has 0 unspecified atom stereocenters. The minimum Gasteiger partial charge on any atom is -0.349 e. The lowest BCUT2D eigenvalue weighted by molar-refractivity contribution is 0.0931. The van der Waals surface area contributed by atoms with Crippen LogP contribution in [-0.4, -0.2) is 21.9 Å². The Hall–Kier alpha value is -1.45. The number of aromatic nitrogens is 2. The third-order valence-electron chi connectivity index (χ3n) is 3.64. The molecule has 0 aliphatic heterocycles. The van der Waals surface area contributed by atoms with Crippen LogP contribution in [0.4, 0.5) is 0 Å². The Labute approximate surface area is 108 Å². The van der Waals surface area contributed by atoms with Crippen LogP contribution in [0.15, 0.2) is 6.33 Å². The van der Waals surface area contributed by atoms with Crippen LogP contribution in [0.1, 0.15) is 60.3 Å². The van der Waals surface area contributed by atoms with Crippen molar-refractivity contribution in [3.8, 4) is 0 Å². The number of hydrogen-bond donors (Lipinski definition) is 1. The van der Waals surface area contributed by atoms with Crippen molar-refractivity contribution in [2.75, 3.05) is 0 Å². The van der Waals surface area contributed by atoms with Crippen LogP contribution in [-0.2, 0) is 0 Å². The molecule has 4 nitrogen and oxygen atoms in total. The molecule has 2 rings (SSSR count). The van der Waals surface area contributed by atoms with Crippen LogP contribution in [0.25, 0.3) is 0 Å². The number of carbonyl (C=O) groups is 1. The molecule has 1 amide bonds. The molecule has 1 aromatic rings. The number of carbonyl (C=O) groups excluding carboxylic acids is 1. The Morgan fingerprint density at radius 3 is 2.22 bits per heavy atom. The molecule has 1 aliphatic rings. The summed E-state index contributed by atoms with van der Waals surface area (Å²) in [4.78, 5) is 20.5. The largest absolute Gasteiger partial charge is 0.349 e. The van der Waals surface area contributed by atoms with Crippen molar-refractivity contribution in [3.63, 3.8) is 0 Å². The number of hydrogen-bond acceptors (Lipinski definition) is 3. The average Bonchev–Trinajstić information content (AvgIpc) is 2.57. The molecule has 1 N–H and O–H groups in total. The van der Waals surface area contributed by atoms with Gasteiger partial charge in [0.05, 0.1) is 17.0 Å². The summed E-state index contributed by atoms with van der Waals surface area (Å²) in [5.41, 5.74) is 2.16. The van der Waals surface area contributed by atoms with E-state index >= 15 is 0 Å². The molecule has 18 heavy (non-hydrogen) atoms. The molecule has 1 aromatic heterocycles. The van der Waals surface area contributed by atoms with Crippen LogP contribution in [0, 0.1) is 13.8 Å². The van der Waals surface area contributed by atoms with Crippen molar-refractivity contribution >= 4 is 5.91 Å². The van der Waals surface area contributed by atoms with E-state index in [2.05, 4.69) is 15.3 Å². The first kappa shape index (κ1) is 13.0. The maximum Gasteiger partial charge on any atom is 0.255 e. The van der Waals surface area contributed by atoms with Gasteiger partial charge < -0.3 is 5.32 Å². The fourth-order valence-electron chi connectivity index (χ4n) is 2.60. The second-order valence-electron chi connectivity index (χ2n) is 5.08. The summed E-state index contributed by atoms with van der Waals surface area (Å²) >= 11 is 0. The lowest BCUT2D eigenvalue weighted by Gasteiger charge is -2.17. The molecule has 0 radical (unpaired) electrons. The van der Waals surface area contributed by atoms with E-state index in [4.69, 9.17) is 0 Å². The Morgan fingerprint density at radius 2 is 1.67 bits per heavy atom. The highest BCUT2D eigenvalue weighted by atomic mass is 16.1. The van der Waals surface area contributed by atoms with Crippen LogP contribution >= 0.6 is 0 Å².